The van der Waals surface area contributed by atoms with Gasteiger partial charge in [-0.3, -0.25) is 10.1 Å². The smallest absolute Gasteiger partial charge is 0.321 e. The van der Waals surface area contributed by atoms with Gasteiger partial charge >= 0.3 is 6.03 Å². The summed E-state index contributed by atoms with van der Waals surface area (Å²) in [7, 11) is 0. The Morgan fingerprint density at radius 1 is 1.33 bits per heavy atom. The number of urea groups is 1. The van der Waals surface area contributed by atoms with E-state index in [1.54, 1.807) is 13.8 Å². The lowest BCUT2D eigenvalue weighted by Gasteiger charge is -2.12. The van der Waals surface area contributed by atoms with Gasteiger partial charge in [-0.15, -0.1) is 0 Å². The SMILES string of the molecule is CC(C)NC(=O)NC(=O)c1cc(C(C)(C)C)on1. The summed E-state index contributed by atoms with van der Waals surface area (Å²) in [5.41, 5.74) is -0.134. The van der Waals surface area contributed by atoms with Crippen LogP contribution in [0.25, 0.3) is 0 Å². The van der Waals surface area contributed by atoms with Crippen LogP contribution in [-0.4, -0.2) is 23.1 Å². The Morgan fingerprint density at radius 2 is 1.94 bits per heavy atom. The largest absolute Gasteiger partial charge is 0.360 e. The molecular weight excluding hydrogens is 234 g/mol. The van der Waals surface area contributed by atoms with Crippen LogP contribution in [0.1, 0.15) is 50.9 Å². The Balaban J connectivity index is 2.68. The zero-order chi connectivity index (χ0) is 13.9. The lowest BCUT2D eigenvalue weighted by molar-refractivity contribution is 0.0954. The summed E-state index contributed by atoms with van der Waals surface area (Å²) in [5, 5.41) is 8.38. The first kappa shape index (κ1) is 14.2. The Labute approximate surface area is 106 Å². The number of rotatable bonds is 2. The van der Waals surface area contributed by atoms with Gasteiger partial charge in [0.05, 0.1) is 0 Å². The van der Waals surface area contributed by atoms with Gasteiger partial charge in [-0.2, -0.15) is 0 Å². The van der Waals surface area contributed by atoms with E-state index in [0.717, 1.165) is 0 Å². The van der Waals surface area contributed by atoms with Crippen molar-refractivity contribution in [1.82, 2.24) is 15.8 Å². The highest BCUT2D eigenvalue weighted by molar-refractivity contribution is 6.03. The molecule has 0 aromatic carbocycles. The van der Waals surface area contributed by atoms with Crippen molar-refractivity contribution in [2.75, 3.05) is 0 Å². The highest BCUT2D eigenvalue weighted by atomic mass is 16.5. The molecule has 2 N–H and O–H groups in total. The maximum Gasteiger partial charge on any atom is 0.321 e. The average molecular weight is 253 g/mol. The van der Waals surface area contributed by atoms with Crippen LogP contribution in [0.4, 0.5) is 4.79 Å². The molecule has 6 heteroatoms. The first-order valence-electron chi connectivity index (χ1n) is 5.79. The normalized spacial score (nSPS) is 11.4. The number of aromatic nitrogens is 1. The van der Waals surface area contributed by atoms with Crippen molar-refractivity contribution in [2.24, 2.45) is 0 Å². The first-order chi connectivity index (χ1) is 8.20. The highest BCUT2D eigenvalue weighted by Crippen LogP contribution is 2.22. The topological polar surface area (TPSA) is 84.2 Å². The molecule has 3 amide bonds. The zero-order valence-electron chi connectivity index (χ0n) is 11.3. The quantitative estimate of drug-likeness (QED) is 0.842. The van der Waals surface area contributed by atoms with Crippen LogP contribution >= 0.6 is 0 Å². The number of hydrogen-bond donors (Lipinski definition) is 2. The maximum atomic E-state index is 11.7. The van der Waals surface area contributed by atoms with Gasteiger partial charge in [-0.25, -0.2) is 4.79 Å². The van der Waals surface area contributed by atoms with Crippen LogP contribution in [0.15, 0.2) is 10.6 Å². The molecule has 0 aliphatic carbocycles. The number of carbonyl (C=O) groups is 2. The molecule has 0 aliphatic rings. The van der Waals surface area contributed by atoms with Gasteiger partial charge in [0.2, 0.25) is 0 Å². The van der Waals surface area contributed by atoms with Crippen LogP contribution in [-0.2, 0) is 5.41 Å². The second-order valence-corrected chi connectivity index (χ2v) is 5.41. The second kappa shape index (κ2) is 5.20. The molecule has 0 atom stereocenters. The Hall–Kier alpha value is -1.85. The van der Waals surface area contributed by atoms with Gasteiger partial charge < -0.3 is 9.84 Å². The Bertz CT molecular complexity index is 444. The number of nitrogens with one attached hydrogen (secondary N) is 2. The highest BCUT2D eigenvalue weighted by Gasteiger charge is 2.22. The molecule has 0 aliphatic heterocycles. The summed E-state index contributed by atoms with van der Waals surface area (Å²) in [6, 6.07) is 0.952. The molecule has 18 heavy (non-hydrogen) atoms. The third kappa shape index (κ3) is 3.87. The minimum absolute atomic E-state index is 0.0414. The second-order valence-electron chi connectivity index (χ2n) is 5.41. The van der Waals surface area contributed by atoms with Crippen molar-refractivity contribution in [3.8, 4) is 0 Å². The standard InChI is InChI=1S/C12H19N3O3/c1-7(2)13-11(17)14-10(16)8-6-9(18-15-8)12(3,4)5/h6-7H,1-5H3,(H2,13,14,16,17). The number of nitrogens with zero attached hydrogens (tertiary/aromatic N) is 1. The van der Waals surface area contributed by atoms with Crippen molar-refractivity contribution >= 4 is 11.9 Å². The molecule has 0 radical (unpaired) electrons. The van der Waals surface area contributed by atoms with Crippen molar-refractivity contribution < 1.29 is 14.1 Å². The van der Waals surface area contributed by atoms with E-state index < -0.39 is 11.9 Å². The summed E-state index contributed by atoms with van der Waals surface area (Å²) in [5.74, 6) is 0.0179. The molecule has 1 heterocycles. The lowest BCUT2D eigenvalue weighted by Crippen LogP contribution is -2.42. The van der Waals surface area contributed by atoms with Gasteiger partial charge in [0, 0.05) is 17.5 Å². The fourth-order valence-corrected chi connectivity index (χ4v) is 1.20. The van der Waals surface area contributed by atoms with E-state index in [2.05, 4.69) is 15.8 Å². The van der Waals surface area contributed by atoms with Gasteiger partial charge in [0.1, 0.15) is 5.76 Å². The van der Waals surface area contributed by atoms with E-state index in [0.29, 0.717) is 5.76 Å². The minimum Gasteiger partial charge on any atom is -0.360 e. The predicted octanol–water partition coefficient (Wildman–Crippen LogP) is 1.82. The van der Waals surface area contributed by atoms with Crippen molar-refractivity contribution in [1.29, 1.82) is 0 Å². The summed E-state index contributed by atoms with van der Waals surface area (Å²) in [6.45, 7) is 9.44. The molecule has 0 spiro atoms. The van der Waals surface area contributed by atoms with Crippen LogP contribution < -0.4 is 10.6 Å². The Kier molecular flexibility index (Phi) is 4.11. The molecular formula is C12H19N3O3. The van der Waals surface area contributed by atoms with Crippen molar-refractivity contribution in [3.05, 3.63) is 17.5 Å². The zero-order valence-corrected chi connectivity index (χ0v) is 11.3. The number of amides is 3. The van der Waals surface area contributed by atoms with Crippen LogP contribution in [0, 0.1) is 0 Å². The Morgan fingerprint density at radius 3 is 2.39 bits per heavy atom. The fraction of sp³-hybridized carbons (Fsp3) is 0.583. The first-order valence-corrected chi connectivity index (χ1v) is 5.79. The van der Waals surface area contributed by atoms with Gasteiger partial charge in [0.15, 0.2) is 5.69 Å². The van der Waals surface area contributed by atoms with Gasteiger partial charge in [-0.05, 0) is 13.8 Å². The summed E-state index contributed by atoms with van der Waals surface area (Å²) in [4.78, 5) is 23.0. The van der Waals surface area contributed by atoms with E-state index in [1.807, 2.05) is 20.8 Å². The van der Waals surface area contributed by atoms with E-state index in [-0.39, 0.29) is 17.2 Å². The van der Waals surface area contributed by atoms with Gasteiger partial charge in [-0.1, -0.05) is 25.9 Å². The fourth-order valence-electron chi connectivity index (χ4n) is 1.20. The molecule has 0 saturated carbocycles. The van der Waals surface area contributed by atoms with E-state index >= 15 is 0 Å². The van der Waals surface area contributed by atoms with E-state index in [1.165, 1.54) is 6.07 Å². The molecule has 1 aromatic heterocycles. The van der Waals surface area contributed by atoms with Crippen molar-refractivity contribution in [3.63, 3.8) is 0 Å². The lowest BCUT2D eigenvalue weighted by atomic mass is 9.93. The molecule has 6 nitrogen and oxygen atoms in total. The van der Waals surface area contributed by atoms with Crippen LogP contribution in [0.3, 0.4) is 0 Å². The molecule has 0 saturated heterocycles. The summed E-state index contributed by atoms with van der Waals surface area (Å²) >= 11 is 0. The third-order valence-corrected chi connectivity index (χ3v) is 2.13. The third-order valence-electron chi connectivity index (χ3n) is 2.13. The van der Waals surface area contributed by atoms with Crippen molar-refractivity contribution in [2.45, 2.75) is 46.1 Å². The molecule has 1 rings (SSSR count). The minimum atomic E-state index is -0.576. The molecule has 0 bridgehead atoms. The number of carbonyl (C=O) groups excluding carboxylic acids is 2. The number of imide groups is 1. The summed E-state index contributed by atoms with van der Waals surface area (Å²) in [6.07, 6.45) is 0. The summed E-state index contributed by atoms with van der Waals surface area (Å²) < 4.78 is 5.07. The maximum absolute atomic E-state index is 11.7. The molecule has 0 unspecified atom stereocenters. The van der Waals surface area contributed by atoms with E-state index in [9.17, 15) is 9.59 Å². The van der Waals surface area contributed by atoms with Crippen LogP contribution in [0.5, 0.6) is 0 Å². The van der Waals surface area contributed by atoms with Gasteiger partial charge in [0.25, 0.3) is 5.91 Å². The molecule has 0 fully saturated rings. The number of hydrogen-bond acceptors (Lipinski definition) is 4. The molecule has 1 aromatic rings. The van der Waals surface area contributed by atoms with Crippen LogP contribution in [0.2, 0.25) is 0 Å². The molecule has 100 valence electrons. The predicted molar refractivity (Wildman–Crippen MR) is 66.3 cm³/mol. The van der Waals surface area contributed by atoms with E-state index in [4.69, 9.17) is 4.52 Å². The average Bonchev–Trinajstić information content (AvgIpc) is 2.63. The monoisotopic (exact) mass is 253 g/mol.